The summed E-state index contributed by atoms with van der Waals surface area (Å²) < 4.78 is 5.54. The molecule has 2 aromatic rings. The highest BCUT2D eigenvalue weighted by Crippen LogP contribution is 2.32. The van der Waals surface area contributed by atoms with Crippen LogP contribution < -0.4 is 10.2 Å². The predicted molar refractivity (Wildman–Crippen MR) is 104 cm³/mol. The number of pyridine rings is 1. The maximum absolute atomic E-state index is 9.11. The summed E-state index contributed by atoms with van der Waals surface area (Å²) in [5.41, 5.74) is 2.41. The lowest BCUT2D eigenvalue weighted by Crippen LogP contribution is -2.34. The van der Waals surface area contributed by atoms with Gasteiger partial charge in [0.25, 0.3) is 0 Å². The van der Waals surface area contributed by atoms with E-state index in [9.17, 15) is 0 Å². The maximum Gasteiger partial charge on any atom is 0.224 e. The molecule has 4 heterocycles. The van der Waals surface area contributed by atoms with E-state index in [0.29, 0.717) is 24.3 Å². The van der Waals surface area contributed by atoms with Crippen LogP contribution >= 0.6 is 0 Å². The molecule has 2 N–H and O–H groups in total. The fourth-order valence-electron chi connectivity index (χ4n) is 3.92. The summed E-state index contributed by atoms with van der Waals surface area (Å²) in [4.78, 5) is 15.8. The van der Waals surface area contributed by atoms with Gasteiger partial charge in [0.15, 0.2) is 0 Å². The molecule has 0 amide bonds. The zero-order chi connectivity index (χ0) is 18.5. The zero-order valence-corrected chi connectivity index (χ0v) is 15.5. The van der Waals surface area contributed by atoms with E-state index < -0.39 is 0 Å². The van der Waals surface area contributed by atoms with Crippen molar-refractivity contribution in [1.82, 2.24) is 15.0 Å². The van der Waals surface area contributed by atoms with Crippen molar-refractivity contribution in [3.63, 3.8) is 0 Å². The van der Waals surface area contributed by atoms with Crippen molar-refractivity contribution < 1.29 is 9.84 Å². The topological polar surface area (TPSA) is 83.4 Å². The van der Waals surface area contributed by atoms with Crippen LogP contribution in [0.25, 0.3) is 0 Å². The molecule has 2 fully saturated rings. The lowest BCUT2D eigenvalue weighted by Gasteiger charge is -2.33. The molecule has 144 valence electrons. The van der Waals surface area contributed by atoms with Crippen LogP contribution in [0.1, 0.15) is 42.4 Å². The minimum Gasteiger partial charge on any atom is -0.395 e. The highest BCUT2D eigenvalue weighted by Gasteiger charge is 2.25. The average Bonchev–Trinajstić information content (AvgIpc) is 3.28. The van der Waals surface area contributed by atoms with Gasteiger partial charge in [0, 0.05) is 50.6 Å². The molecule has 1 atom stereocenters. The summed E-state index contributed by atoms with van der Waals surface area (Å²) >= 11 is 0. The summed E-state index contributed by atoms with van der Waals surface area (Å²) in [5, 5.41) is 12.2. The minimum absolute atomic E-state index is 0.0623. The van der Waals surface area contributed by atoms with Crippen molar-refractivity contribution in [3.05, 3.63) is 41.9 Å². The van der Waals surface area contributed by atoms with Crippen molar-refractivity contribution in [3.8, 4) is 0 Å². The van der Waals surface area contributed by atoms with E-state index in [-0.39, 0.29) is 6.61 Å². The maximum atomic E-state index is 9.11. The van der Waals surface area contributed by atoms with Gasteiger partial charge >= 0.3 is 0 Å². The van der Waals surface area contributed by atoms with Crippen LogP contribution in [0.4, 0.5) is 11.8 Å². The first-order valence-electron chi connectivity index (χ1n) is 9.80. The second-order valence-corrected chi connectivity index (χ2v) is 7.23. The van der Waals surface area contributed by atoms with Crippen LogP contribution in [-0.2, 0) is 4.74 Å². The Labute approximate surface area is 159 Å². The third-order valence-electron chi connectivity index (χ3n) is 5.47. The van der Waals surface area contributed by atoms with Crippen LogP contribution in [-0.4, -0.2) is 59.5 Å². The summed E-state index contributed by atoms with van der Waals surface area (Å²) in [6.07, 6.45) is 6.97. The van der Waals surface area contributed by atoms with Gasteiger partial charge in [0.2, 0.25) is 5.95 Å². The molecule has 2 aliphatic rings. The second-order valence-electron chi connectivity index (χ2n) is 7.23. The Kier molecular flexibility index (Phi) is 5.79. The number of aromatic nitrogens is 3. The number of nitrogens with one attached hydrogen (secondary N) is 1. The van der Waals surface area contributed by atoms with Gasteiger partial charge in [0.05, 0.1) is 18.9 Å². The largest absolute Gasteiger partial charge is 0.395 e. The van der Waals surface area contributed by atoms with Gasteiger partial charge in [-0.2, -0.15) is 4.98 Å². The number of nitrogens with zero attached hydrogens (tertiary/aromatic N) is 4. The SMILES string of the molecule is OCCNc1nc(C2CCOC2)cc(N2CCC(c3ccncc3)CC2)n1. The number of ether oxygens (including phenoxy) is 1. The Morgan fingerprint density at radius 1 is 1.11 bits per heavy atom. The van der Waals surface area contributed by atoms with Gasteiger partial charge in [-0.05, 0) is 42.9 Å². The monoisotopic (exact) mass is 369 g/mol. The molecule has 7 heteroatoms. The van der Waals surface area contributed by atoms with Crippen molar-refractivity contribution in [1.29, 1.82) is 0 Å². The smallest absolute Gasteiger partial charge is 0.224 e. The molecule has 2 saturated heterocycles. The van der Waals surface area contributed by atoms with Gasteiger partial charge in [-0.25, -0.2) is 4.98 Å². The van der Waals surface area contributed by atoms with Crippen molar-refractivity contribution >= 4 is 11.8 Å². The van der Waals surface area contributed by atoms with Crippen molar-refractivity contribution in [2.45, 2.75) is 31.1 Å². The summed E-state index contributed by atoms with van der Waals surface area (Å²) in [5.74, 6) is 2.48. The van der Waals surface area contributed by atoms with Crippen LogP contribution in [0, 0.1) is 0 Å². The van der Waals surface area contributed by atoms with Crippen LogP contribution in [0.2, 0.25) is 0 Å². The molecule has 0 bridgehead atoms. The molecule has 1 unspecified atom stereocenters. The summed E-state index contributed by atoms with van der Waals surface area (Å²) in [7, 11) is 0. The molecule has 0 aromatic carbocycles. The third kappa shape index (κ3) is 4.36. The van der Waals surface area contributed by atoms with Gasteiger partial charge < -0.3 is 20.1 Å². The van der Waals surface area contributed by atoms with Gasteiger partial charge in [-0.15, -0.1) is 0 Å². The minimum atomic E-state index is 0.0623. The lowest BCUT2D eigenvalue weighted by molar-refractivity contribution is 0.193. The highest BCUT2D eigenvalue weighted by molar-refractivity contribution is 5.46. The molecule has 4 rings (SSSR count). The Bertz CT molecular complexity index is 728. The number of aliphatic hydroxyl groups excluding tert-OH is 1. The molecule has 2 aromatic heterocycles. The van der Waals surface area contributed by atoms with Crippen molar-refractivity contribution in [2.75, 3.05) is 49.7 Å². The molecular formula is C20H27N5O2. The van der Waals surface area contributed by atoms with Gasteiger partial charge in [0.1, 0.15) is 5.82 Å². The summed E-state index contributed by atoms with van der Waals surface area (Å²) in [6, 6.07) is 6.37. The molecule has 27 heavy (non-hydrogen) atoms. The zero-order valence-electron chi connectivity index (χ0n) is 15.5. The molecule has 0 saturated carbocycles. The van der Waals surface area contributed by atoms with Crippen LogP contribution in [0.5, 0.6) is 0 Å². The molecular weight excluding hydrogens is 342 g/mol. The van der Waals surface area contributed by atoms with Gasteiger partial charge in [-0.1, -0.05) is 0 Å². The third-order valence-corrected chi connectivity index (χ3v) is 5.47. The molecule has 7 nitrogen and oxygen atoms in total. The molecule has 0 radical (unpaired) electrons. The van der Waals surface area contributed by atoms with Crippen LogP contribution in [0.3, 0.4) is 0 Å². The van der Waals surface area contributed by atoms with E-state index in [1.54, 1.807) is 0 Å². The average molecular weight is 369 g/mol. The predicted octanol–water partition coefficient (Wildman–Crippen LogP) is 2.16. The molecule has 2 aliphatic heterocycles. The number of piperidine rings is 1. The fourth-order valence-corrected chi connectivity index (χ4v) is 3.92. The standard InChI is InChI=1S/C20H27N5O2/c26-11-8-22-20-23-18(17-5-12-27-14-17)13-19(24-20)25-9-3-16(4-10-25)15-1-6-21-7-2-15/h1-2,6-7,13,16-17,26H,3-5,8-12,14H2,(H,22,23,24). The first-order valence-corrected chi connectivity index (χ1v) is 9.80. The number of hydrogen-bond donors (Lipinski definition) is 2. The quantitative estimate of drug-likeness (QED) is 0.807. The molecule has 0 aliphatic carbocycles. The number of hydrogen-bond acceptors (Lipinski definition) is 7. The first kappa shape index (κ1) is 18.1. The Hall–Kier alpha value is -2.25. The fraction of sp³-hybridized carbons (Fsp3) is 0.550. The van der Waals surface area contributed by atoms with E-state index in [2.05, 4.69) is 38.4 Å². The van der Waals surface area contributed by atoms with E-state index in [1.165, 1.54) is 5.56 Å². The Balaban J connectivity index is 1.49. The van der Waals surface area contributed by atoms with E-state index in [1.807, 2.05) is 12.4 Å². The lowest BCUT2D eigenvalue weighted by atomic mass is 9.90. The number of anilines is 2. The van der Waals surface area contributed by atoms with Crippen molar-refractivity contribution in [2.24, 2.45) is 0 Å². The second kappa shape index (κ2) is 8.63. The Morgan fingerprint density at radius 2 is 1.93 bits per heavy atom. The molecule has 0 spiro atoms. The Morgan fingerprint density at radius 3 is 2.63 bits per heavy atom. The number of rotatable bonds is 6. The normalized spacial score (nSPS) is 20.8. The van der Waals surface area contributed by atoms with E-state index in [4.69, 9.17) is 14.8 Å². The van der Waals surface area contributed by atoms with E-state index in [0.717, 1.165) is 57.1 Å². The number of aliphatic hydroxyl groups is 1. The van der Waals surface area contributed by atoms with Gasteiger partial charge in [-0.3, -0.25) is 4.98 Å². The van der Waals surface area contributed by atoms with Crippen LogP contribution in [0.15, 0.2) is 30.6 Å². The summed E-state index contributed by atoms with van der Waals surface area (Å²) in [6.45, 7) is 3.98. The first-order chi connectivity index (χ1) is 13.3. The highest BCUT2D eigenvalue weighted by atomic mass is 16.5. The van der Waals surface area contributed by atoms with E-state index >= 15 is 0 Å².